The zero-order valence-corrected chi connectivity index (χ0v) is 23.7. The molecule has 0 aromatic heterocycles. The minimum atomic E-state index is -1.87. The summed E-state index contributed by atoms with van der Waals surface area (Å²) in [5, 5.41) is -0.877. The average Bonchev–Trinajstić information content (AvgIpc) is 2.88. The van der Waals surface area contributed by atoms with Crippen LogP contribution in [0.25, 0.3) is 0 Å². The first-order valence-corrected chi connectivity index (χ1v) is 13.8. The van der Waals surface area contributed by atoms with Crippen LogP contribution >= 0.6 is 24.5 Å². The normalized spacial score (nSPS) is 23.0. The van der Waals surface area contributed by atoms with E-state index in [0.29, 0.717) is 0 Å². The van der Waals surface area contributed by atoms with Gasteiger partial charge in [0, 0.05) is 20.8 Å². The van der Waals surface area contributed by atoms with E-state index in [0.717, 1.165) is 11.1 Å². The lowest BCUT2D eigenvalue weighted by molar-refractivity contribution is -0.234. The number of carbonyl (C=O) groups is 3. The third-order valence-corrected chi connectivity index (χ3v) is 6.96. The molecule has 2 aromatic carbocycles. The van der Waals surface area contributed by atoms with Gasteiger partial charge in [-0.05, 0) is 11.1 Å². The van der Waals surface area contributed by atoms with Crippen LogP contribution in [0.3, 0.4) is 0 Å². The summed E-state index contributed by atoms with van der Waals surface area (Å²) in [6.07, 6.45) is -4.25. The molecule has 0 N–H and O–H groups in total. The van der Waals surface area contributed by atoms with Gasteiger partial charge in [-0.3, -0.25) is 14.4 Å². The molecule has 1 aliphatic rings. The van der Waals surface area contributed by atoms with Gasteiger partial charge in [-0.15, -0.1) is 0 Å². The number of hydrogen-bond donors (Lipinski definition) is 0. The molecule has 1 aliphatic heterocycles. The van der Waals surface area contributed by atoms with Crippen molar-refractivity contribution in [2.24, 2.45) is 0 Å². The SMILES string of the molecule is CC(=O)OC1[C@H](Br)OC(COP(OCc2ccccc2)OCc2ccccc2)[C@H](OC(C)=O)[C@@H]1OC(C)=O. The number of carbonyl (C=O) groups excluding carboxylic acids is 3. The molecule has 206 valence electrons. The molecule has 2 aromatic rings. The average molecular weight is 613 g/mol. The summed E-state index contributed by atoms with van der Waals surface area (Å²) in [4.78, 5) is 35.5. The van der Waals surface area contributed by atoms with Gasteiger partial charge in [0.25, 0.3) is 0 Å². The first-order valence-electron chi connectivity index (χ1n) is 11.8. The summed E-state index contributed by atoms with van der Waals surface area (Å²) >= 11 is 3.33. The van der Waals surface area contributed by atoms with Crippen LogP contribution < -0.4 is 0 Å². The summed E-state index contributed by atoms with van der Waals surface area (Å²) in [6.45, 7) is 3.97. The van der Waals surface area contributed by atoms with Gasteiger partial charge in [-0.1, -0.05) is 76.6 Å². The van der Waals surface area contributed by atoms with Gasteiger partial charge in [-0.25, -0.2) is 0 Å². The number of alkyl halides is 1. The number of esters is 3. The fourth-order valence-electron chi connectivity index (χ4n) is 3.63. The number of halogens is 1. The van der Waals surface area contributed by atoms with Crippen molar-refractivity contribution in [1.82, 2.24) is 0 Å². The molecule has 0 bridgehead atoms. The minimum absolute atomic E-state index is 0.139. The zero-order chi connectivity index (χ0) is 27.5. The lowest BCUT2D eigenvalue weighted by atomic mass is 9.99. The Hall–Kier alpha value is -2.40. The van der Waals surface area contributed by atoms with Gasteiger partial charge in [0.15, 0.2) is 23.3 Å². The lowest BCUT2D eigenvalue weighted by Crippen LogP contribution is -2.60. The van der Waals surface area contributed by atoms with Gasteiger partial charge in [-0.2, -0.15) is 0 Å². The van der Waals surface area contributed by atoms with Crippen LogP contribution in [-0.2, 0) is 60.1 Å². The fourth-order valence-corrected chi connectivity index (χ4v) is 5.31. The Labute approximate surface area is 230 Å². The molecule has 1 heterocycles. The van der Waals surface area contributed by atoms with E-state index in [-0.39, 0.29) is 19.8 Å². The van der Waals surface area contributed by atoms with Crippen molar-refractivity contribution in [3.05, 3.63) is 71.8 Å². The van der Waals surface area contributed by atoms with Crippen molar-refractivity contribution < 1.29 is 46.9 Å². The Kier molecular flexibility index (Phi) is 12.1. The maximum absolute atomic E-state index is 11.9. The molecule has 0 aliphatic carbocycles. The number of ether oxygens (including phenoxy) is 4. The molecule has 1 saturated heterocycles. The third-order valence-electron chi connectivity index (χ3n) is 5.19. The van der Waals surface area contributed by atoms with E-state index in [2.05, 4.69) is 15.9 Å². The van der Waals surface area contributed by atoms with Crippen molar-refractivity contribution in [1.29, 1.82) is 0 Å². The van der Waals surface area contributed by atoms with Crippen LogP contribution in [0.2, 0.25) is 0 Å². The lowest BCUT2D eigenvalue weighted by Gasteiger charge is -2.43. The molecule has 12 heteroatoms. The predicted octanol–water partition coefficient (Wildman–Crippen LogP) is 4.58. The highest BCUT2D eigenvalue weighted by Crippen LogP contribution is 2.43. The van der Waals surface area contributed by atoms with Crippen LogP contribution in [-0.4, -0.2) is 53.9 Å². The van der Waals surface area contributed by atoms with Crippen LogP contribution in [0.15, 0.2) is 60.7 Å². The highest BCUT2D eigenvalue weighted by Gasteiger charge is 2.51. The van der Waals surface area contributed by atoms with Gasteiger partial charge in [0.1, 0.15) is 6.10 Å². The van der Waals surface area contributed by atoms with E-state index in [1.807, 2.05) is 60.7 Å². The number of benzene rings is 2. The standard InChI is InChI=1S/C26H30BrO10P/c1-17(28)34-23-22(37-26(27)25(36-19(3)30)24(23)35-18(2)29)16-33-38(31-14-20-10-6-4-7-11-20)32-15-21-12-8-5-9-13-21/h4-13,22-26H,14-16H2,1-3H3/t22?,23-,24-,25?,26+/m0/s1. The Morgan fingerprint density at radius 2 is 1.16 bits per heavy atom. The summed E-state index contributed by atoms with van der Waals surface area (Å²) in [5.41, 5.74) is 1.86. The minimum Gasteiger partial charge on any atom is -0.456 e. The molecule has 0 spiro atoms. The van der Waals surface area contributed by atoms with E-state index < -0.39 is 55.9 Å². The van der Waals surface area contributed by atoms with Crippen LogP contribution in [0, 0.1) is 0 Å². The van der Waals surface area contributed by atoms with Crippen molar-refractivity contribution in [2.45, 2.75) is 63.4 Å². The second-order valence-corrected chi connectivity index (χ2v) is 10.4. The smallest absolute Gasteiger partial charge is 0.333 e. The van der Waals surface area contributed by atoms with E-state index in [1.165, 1.54) is 20.8 Å². The summed E-state index contributed by atoms with van der Waals surface area (Å²) in [5.74, 6) is -1.91. The first kappa shape index (κ1) is 30.1. The van der Waals surface area contributed by atoms with Crippen LogP contribution in [0.1, 0.15) is 31.9 Å². The second kappa shape index (κ2) is 15.3. The van der Waals surface area contributed by atoms with Crippen LogP contribution in [0.4, 0.5) is 0 Å². The van der Waals surface area contributed by atoms with E-state index in [9.17, 15) is 14.4 Å². The fraction of sp³-hybridized carbons (Fsp3) is 0.423. The molecule has 2 unspecified atom stereocenters. The Morgan fingerprint density at radius 1 is 0.711 bits per heavy atom. The highest BCUT2D eigenvalue weighted by atomic mass is 79.9. The quantitative estimate of drug-likeness (QED) is 0.146. The third kappa shape index (κ3) is 9.72. The van der Waals surface area contributed by atoms with E-state index in [4.69, 9.17) is 32.5 Å². The Balaban J connectivity index is 1.75. The molecule has 1 fully saturated rings. The summed E-state index contributed by atoms with van der Waals surface area (Å²) in [6, 6.07) is 19.1. The first-order chi connectivity index (χ1) is 18.2. The van der Waals surface area contributed by atoms with Crippen molar-refractivity contribution in [3.8, 4) is 0 Å². The van der Waals surface area contributed by atoms with Gasteiger partial charge in [0.2, 0.25) is 0 Å². The van der Waals surface area contributed by atoms with Gasteiger partial charge in [0.05, 0.1) is 19.8 Å². The molecule has 38 heavy (non-hydrogen) atoms. The van der Waals surface area contributed by atoms with Crippen LogP contribution in [0.5, 0.6) is 0 Å². The maximum Gasteiger partial charge on any atom is 0.333 e. The molecular weight excluding hydrogens is 583 g/mol. The molecule has 0 radical (unpaired) electrons. The topological polar surface area (TPSA) is 116 Å². The van der Waals surface area contributed by atoms with Crippen molar-refractivity contribution in [3.63, 3.8) is 0 Å². The summed E-state index contributed by atoms with van der Waals surface area (Å²) < 4.78 is 40.0. The van der Waals surface area contributed by atoms with Crippen molar-refractivity contribution in [2.75, 3.05) is 6.61 Å². The Morgan fingerprint density at radius 3 is 1.63 bits per heavy atom. The molecule has 0 saturated carbocycles. The zero-order valence-electron chi connectivity index (χ0n) is 21.2. The summed E-state index contributed by atoms with van der Waals surface area (Å²) in [7, 11) is -1.87. The predicted molar refractivity (Wildman–Crippen MR) is 140 cm³/mol. The molecule has 5 atom stereocenters. The largest absolute Gasteiger partial charge is 0.456 e. The van der Waals surface area contributed by atoms with Crippen molar-refractivity contribution >= 4 is 42.4 Å². The molecular formula is C26H30BrO10P. The highest BCUT2D eigenvalue weighted by molar-refractivity contribution is 9.09. The van der Waals surface area contributed by atoms with Gasteiger partial charge < -0.3 is 32.5 Å². The molecule has 0 amide bonds. The Bertz CT molecular complexity index is 997. The monoisotopic (exact) mass is 612 g/mol. The second-order valence-electron chi connectivity index (χ2n) is 8.29. The molecule has 3 rings (SSSR count). The van der Waals surface area contributed by atoms with Gasteiger partial charge >= 0.3 is 26.5 Å². The number of rotatable bonds is 12. The van der Waals surface area contributed by atoms with E-state index in [1.54, 1.807) is 0 Å². The molecule has 10 nitrogen and oxygen atoms in total. The van der Waals surface area contributed by atoms with E-state index >= 15 is 0 Å². The number of hydrogen-bond acceptors (Lipinski definition) is 10. The maximum atomic E-state index is 11.9.